The van der Waals surface area contributed by atoms with Gasteiger partial charge < -0.3 is 19.3 Å². The highest BCUT2D eigenvalue weighted by Gasteiger charge is 2.35. The molecule has 216 valence electrons. The summed E-state index contributed by atoms with van der Waals surface area (Å²) in [5.41, 5.74) is 2.30. The number of fused-ring (bicyclic) bond motifs is 3. The van der Waals surface area contributed by atoms with Crippen molar-refractivity contribution in [2.45, 2.75) is 37.4 Å². The van der Waals surface area contributed by atoms with Crippen LogP contribution in [0.15, 0.2) is 49.3 Å². The van der Waals surface area contributed by atoms with E-state index in [2.05, 4.69) is 27.0 Å². The van der Waals surface area contributed by atoms with Crippen LogP contribution in [0, 0.1) is 17.1 Å². The summed E-state index contributed by atoms with van der Waals surface area (Å²) >= 11 is 13.3. The van der Waals surface area contributed by atoms with Crippen molar-refractivity contribution in [2.24, 2.45) is 0 Å². The van der Waals surface area contributed by atoms with Gasteiger partial charge in [-0.15, -0.1) is 0 Å². The molecule has 4 heterocycles. The highest BCUT2D eigenvalue weighted by atomic mass is 35.5. The van der Waals surface area contributed by atoms with Gasteiger partial charge in [-0.25, -0.2) is 14.4 Å². The number of benzene rings is 2. The molecule has 0 N–H and O–H groups in total. The van der Waals surface area contributed by atoms with E-state index in [1.54, 1.807) is 41.6 Å². The quantitative estimate of drug-likeness (QED) is 0.248. The van der Waals surface area contributed by atoms with Crippen LogP contribution in [0.1, 0.15) is 25.3 Å². The van der Waals surface area contributed by atoms with Crippen molar-refractivity contribution in [3.8, 4) is 17.2 Å². The van der Waals surface area contributed by atoms with Crippen LogP contribution in [0.5, 0.6) is 0 Å². The van der Waals surface area contributed by atoms with Crippen molar-refractivity contribution >= 4 is 56.9 Å². The molecular weight excluding hydrogens is 576 g/mol. The summed E-state index contributed by atoms with van der Waals surface area (Å²) in [5, 5.41) is 10.7. The van der Waals surface area contributed by atoms with Gasteiger partial charge in [0, 0.05) is 59.3 Å². The predicted octanol–water partition coefficient (Wildman–Crippen LogP) is 6.08. The van der Waals surface area contributed by atoms with Crippen LogP contribution >= 0.6 is 23.2 Å². The average Bonchev–Trinajstić information content (AvgIpc) is 3.39. The number of nitriles is 1. The first kappa shape index (κ1) is 28.4. The lowest BCUT2D eigenvalue weighted by atomic mass is 9.94. The number of hydrogen-bond donors (Lipinski definition) is 0. The Morgan fingerprint density at radius 1 is 1.24 bits per heavy atom. The van der Waals surface area contributed by atoms with Gasteiger partial charge in [0.05, 0.1) is 29.4 Å². The summed E-state index contributed by atoms with van der Waals surface area (Å²) in [7, 11) is 4.08. The Hall–Kier alpha value is -3.71. The Morgan fingerprint density at radius 2 is 2.00 bits per heavy atom. The van der Waals surface area contributed by atoms with Crippen LogP contribution in [0.2, 0.25) is 10.0 Å². The molecule has 2 aliphatic rings. The van der Waals surface area contributed by atoms with E-state index in [0.29, 0.717) is 52.7 Å². The highest BCUT2D eigenvalue weighted by molar-refractivity contribution is 6.37. The lowest BCUT2D eigenvalue weighted by Crippen LogP contribution is -2.57. The zero-order valence-corrected chi connectivity index (χ0v) is 24.9. The van der Waals surface area contributed by atoms with Crippen LogP contribution < -0.4 is 4.90 Å². The number of hydrogen-bond acceptors (Lipinski definition) is 6. The number of aromatic nitrogens is 3. The monoisotopic (exact) mass is 605 g/mol. The Kier molecular flexibility index (Phi) is 7.56. The summed E-state index contributed by atoms with van der Waals surface area (Å²) in [6, 6.07) is 11.0. The summed E-state index contributed by atoms with van der Waals surface area (Å²) in [6.07, 6.45) is 4.46. The topological polar surface area (TPSA) is 81.3 Å². The van der Waals surface area contributed by atoms with Crippen molar-refractivity contribution in [1.29, 1.82) is 5.26 Å². The smallest absolute Gasteiger partial charge is 0.246 e. The standard InChI is InChI=1S/C31H30Cl2FN7O/c1-4-25(42)40-12-10-19(13-18(40)9-11-35)41-17-36-29-30(41)22-14-24(33)26(21-7-5-6-8-23(21)32)27(34)28(22)37-31(29)39-15-20(16-39)38(2)3/h4-8,14,17-20H,1,9-10,12-13,15-16H2,2-3H3/t18-,19+/m1/s1. The van der Waals surface area contributed by atoms with E-state index in [-0.39, 0.29) is 40.5 Å². The molecule has 42 heavy (non-hydrogen) atoms. The Morgan fingerprint density at radius 3 is 2.69 bits per heavy atom. The van der Waals surface area contributed by atoms with E-state index in [9.17, 15) is 10.1 Å². The minimum atomic E-state index is -0.542. The van der Waals surface area contributed by atoms with Gasteiger partial charge in [-0.2, -0.15) is 5.26 Å². The molecule has 2 atom stereocenters. The number of likely N-dealkylation sites (N-methyl/N-ethyl adjacent to an activating group) is 1. The van der Waals surface area contributed by atoms with Gasteiger partial charge in [-0.3, -0.25) is 4.79 Å². The van der Waals surface area contributed by atoms with Crippen molar-refractivity contribution in [1.82, 2.24) is 24.3 Å². The largest absolute Gasteiger partial charge is 0.351 e. The van der Waals surface area contributed by atoms with Crippen molar-refractivity contribution in [3.63, 3.8) is 0 Å². The molecule has 0 unspecified atom stereocenters. The normalized spacial score (nSPS) is 19.4. The predicted molar refractivity (Wildman–Crippen MR) is 164 cm³/mol. The third-order valence-corrected chi connectivity index (χ3v) is 9.20. The van der Waals surface area contributed by atoms with Gasteiger partial charge >= 0.3 is 0 Å². The number of amides is 1. The van der Waals surface area contributed by atoms with Crippen LogP contribution in [-0.2, 0) is 4.79 Å². The van der Waals surface area contributed by atoms with Gasteiger partial charge in [0.25, 0.3) is 0 Å². The Balaban J connectivity index is 1.54. The molecule has 8 nitrogen and oxygen atoms in total. The van der Waals surface area contributed by atoms with Crippen LogP contribution in [0.3, 0.4) is 0 Å². The maximum Gasteiger partial charge on any atom is 0.246 e. The summed E-state index contributed by atoms with van der Waals surface area (Å²) in [6.45, 7) is 5.58. The van der Waals surface area contributed by atoms with E-state index in [4.69, 9.17) is 33.2 Å². The first-order valence-corrected chi connectivity index (χ1v) is 14.6. The number of pyridine rings is 1. The molecule has 0 aliphatic carbocycles. The molecule has 11 heteroatoms. The fraction of sp³-hybridized carbons (Fsp3) is 0.355. The maximum atomic E-state index is 16.6. The number of nitrogens with zero attached hydrogens (tertiary/aromatic N) is 7. The van der Waals surface area contributed by atoms with Crippen molar-refractivity contribution in [2.75, 3.05) is 38.6 Å². The number of imidazole rings is 1. The molecule has 2 fully saturated rings. The first-order chi connectivity index (χ1) is 20.2. The molecule has 0 saturated carbocycles. The lowest BCUT2D eigenvalue weighted by molar-refractivity contribution is -0.130. The molecule has 0 spiro atoms. The van der Waals surface area contributed by atoms with Gasteiger partial charge in [0.15, 0.2) is 11.6 Å². The summed E-state index contributed by atoms with van der Waals surface area (Å²) < 4.78 is 18.6. The molecular formula is C31H30Cl2FN7O. The lowest BCUT2D eigenvalue weighted by Gasteiger charge is -2.43. The molecule has 0 radical (unpaired) electrons. The SMILES string of the molecule is C=CC(=O)N1CC[C@H](n2cnc3c(N4CC(N(C)C)C4)nc4c(F)c(-c5ccccc5Cl)c(Cl)cc4c32)C[C@H]1CC#N. The molecule has 2 aromatic carbocycles. The minimum absolute atomic E-state index is 0.0725. The number of likely N-dealkylation sites (tertiary alicyclic amines) is 1. The van der Waals surface area contributed by atoms with Crippen LogP contribution in [0.25, 0.3) is 33.1 Å². The first-order valence-electron chi connectivity index (χ1n) is 13.9. The summed E-state index contributed by atoms with van der Waals surface area (Å²) in [4.78, 5) is 28.2. The zero-order chi connectivity index (χ0) is 29.7. The maximum absolute atomic E-state index is 16.6. The fourth-order valence-corrected chi connectivity index (χ4v) is 6.72. The number of rotatable bonds is 6. The Labute approximate surface area is 253 Å². The van der Waals surface area contributed by atoms with Gasteiger partial charge in [-0.05, 0) is 45.1 Å². The molecule has 6 rings (SSSR count). The highest BCUT2D eigenvalue weighted by Crippen LogP contribution is 2.43. The second-order valence-corrected chi connectivity index (χ2v) is 12.0. The molecule has 4 aromatic rings. The van der Waals surface area contributed by atoms with E-state index >= 15 is 4.39 Å². The molecule has 2 saturated heterocycles. The number of piperidine rings is 1. The number of carbonyl (C=O) groups is 1. The van der Waals surface area contributed by atoms with E-state index < -0.39 is 5.82 Å². The van der Waals surface area contributed by atoms with E-state index in [1.807, 2.05) is 14.1 Å². The van der Waals surface area contributed by atoms with Gasteiger partial charge in [0.1, 0.15) is 11.0 Å². The second kappa shape index (κ2) is 11.2. The number of anilines is 1. The van der Waals surface area contributed by atoms with Gasteiger partial charge in [0.2, 0.25) is 5.91 Å². The van der Waals surface area contributed by atoms with E-state index in [1.165, 1.54) is 6.08 Å². The minimum Gasteiger partial charge on any atom is -0.351 e. The van der Waals surface area contributed by atoms with Crippen molar-refractivity contribution in [3.05, 3.63) is 65.2 Å². The Bertz CT molecular complexity index is 1760. The molecule has 1 amide bonds. The van der Waals surface area contributed by atoms with Gasteiger partial charge in [-0.1, -0.05) is 48.0 Å². The van der Waals surface area contributed by atoms with Crippen LogP contribution in [0.4, 0.5) is 10.2 Å². The fourth-order valence-electron chi connectivity index (χ4n) is 6.20. The molecule has 0 bridgehead atoms. The van der Waals surface area contributed by atoms with Crippen molar-refractivity contribution < 1.29 is 9.18 Å². The summed E-state index contributed by atoms with van der Waals surface area (Å²) in [5.74, 6) is -0.108. The van der Waals surface area contributed by atoms with Crippen LogP contribution in [-0.4, -0.2) is 76.1 Å². The molecule has 2 aromatic heterocycles. The van der Waals surface area contributed by atoms with E-state index in [0.717, 1.165) is 18.6 Å². The third-order valence-electron chi connectivity index (χ3n) is 8.57. The number of halogens is 3. The zero-order valence-electron chi connectivity index (χ0n) is 23.4. The average molecular weight is 607 g/mol. The molecule has 2 aliphatic heterocycles. The third kappa shape index (κ3) is 4.68. The second-order valence-electron chi connectivity index (χ2n) is 11.2. The number of carbonyl (C=O) groups excluding carboxylic acids is 1.